The molecule has 0 aromatic heterocycles. The Kier molecular flexibility index (Phi) is 5.71. The minimum atomic E-state index is -0.0310. The highest BCUT2D eigenvalue weighted by Gasteiger charge is 2.28. The van der Waals surface area contributed by atoms with Crippen LogP contribution in [0.5, 0.6) is 17.2 Å². The normalized spacial score (nSPS) is 16.0. The molecule has 138 valence electrons. The molecule has 0 aliphatic carbocycles. The van der Waals surface area contributed by atoms with Crippen molar-refractivity contribution < 1.29 is 19.0 Å². The number of halogens is 1. The van der Waals surface area contributed by atoms with Crippen LogP contribution in [-0.4, -0.2) is 39.2 Å². The number of rotatable bonds is 6. The molecule has 0 saturated heterocycles. The van der Waals surface area contributed by atoms with Crippen molar-refractivity contribution in [3.63, 3.8) is 0 Å². The molecule has 0 radical (unpaired) electrons. The molecule has 0 saturated carbocycles. The molecule has 0 N–H and O–H groups in total. The minimum Gasteiger partial charge on any atom is -0.497 e. The molecule has 1 aliphatic rings. The number of hydrogen-bond acceptors (Lipinski definition) is 4. The molecular weight excluding hydrogens is 398 g/mol. The van der Waals surface area contributed by atoms with E-state index in [2.05, 4.69) is 28.1 Å². The molecule has 0 bridgehead atoms. The van der Waals surface area contributed by atoms with Gasteiger partial charge in [-0.05, 0) is 53.8 Å². The van der Waals surface area contributed by atoms with Crippen LogP contribution in [0.25, 0.3) is 0 Å². The fourth-order valence-corrected chi connectivity index (χ4v) is 3.93. The molecule has 0 fully saturated rings. The van der Waals surface area contributed by atoms with Gasteiger partial charge in [0.2, 0.25) is 6.41 Å². The van der Waals surface area contributed by atoms with E-state index < -0.39 is 0 Å². The first-order valence-corrected chi connectivity index (χ1v) is 9.18. The highest BCUT2D eigenvalue weighted by atomic mass is 79.9. The molecule has 1 amide bonds. The van der Waals surface area contributed by atoms with E-state index in [9.17, 15) is 4.79 Å². The van der Waals surface area contributed by atoms with Crippen LogP contribution in [0.3, 0.4) is 0 Å². The van der Waals surface area contributed by atoms with Gasteiger partial charge in [0, 0.05) is 11.0 Å². The van der Waals surface area contributed by atoms with Crippen LogP contribution < -0.4 is 14.2 Å². The van der Waals surface area contributed by atoms with Crippen molar-refractivity contribution in [2.24, 2.45) is 0 Å². The standard InChI is InChI=1S/C20H22BrNO4/c1-24-15-4-5-16-13(8-15)6-7-22(12-23)18(16)9-14-10-19(25-2)20(26-3)11-17(14)21/h4-5,8,10-12,18H,6-7,9H2,1-3H3. The van der Waals surface area contributed by atoms with Crippen LogP contribution >= 0.6 is 15.9 Å². The van der Waals surface area contributed by atoms with Gasteiger partial charge in [-0.2, -0.15) is 0 Å². The van der Waals surface area contributed by atoms with Gasteiger partial charge in [0.05, 0.1) is 27.4 Å². The molecule has 2 aromatic carbocycles. The maximum Gasteiger partial charge on any atom is 0.210 e. The van der Waals surface area contributed by atoms with Crippen LogP contribution in [0.1, 0.15) is 22.7 Å². The van der Waals surface area contributed by atoms with E-state index in [1.54, 1.807) is 21.3 Å². The van der Waals surface area contributed by atoms with Crippen molar-refractivity contribution in [3.8, 4) is 17.2 Å². The number of carbonyl (C=O) groups excluding carboxylic acids is 1. The minimum absolute atomic E-state index is 0.0310. The monoisotopic (exact) mass is 419 g/mol. The lowest BCUT2D eigenvalue weighted by Gasteiger charge is -2.35. The number of fused-ring (bicyclic) bond motifs is 1. The third-order valence-electron chi connectivity index (χ3n) is 4.85. The molecule has 26 heavy (non-hydrogen) atoms. The Labute approximate surface area is 162 Å². The largest absolute Gasteiger partial charge is 0.497 e. The number of amides is 1. The van der Waals surface area contributed by atoms with Crippen LogP contribution in [0, 0.1) is 0 Å². The molecule has 5 nitrogen and oxygen atoms in total. The summed E-state index contributed by atoms with van der Waals surface area (Å²) in [7, 11) is 4.90. The fraction of sp³-hybridized carbons (Fsp3) is 0.350. The van der Waals surface area contributed by atoms with Gasteiger partial charge in [0.25, 0.3) is 0 Å². The molecule has 2 aromatic rings. The van der Waals surface area contributed by atoms with Crippen molar-refractivity contribution in [3.05, 3.63) is 51.5 Å². The van der Waals surface area contributed by atoms with Crippen molar-refractivity contribution in [1.29, 1.82) is 0 Å². The van der Waals surface area contributed by atoms with E-state index in [-0.39, 0.29) is 6.04 Å². The first-order chi connectivity index (χ1) is 12.6. The molecule has 1 atom stereocenters. The van der Waals surface area contributed by atoms with Crippen molar-refractivity contribution in [1.82, 2.24) is 4.90 Å². The molecule has 0 spiro atoms. The lowest BCUT2D eigenvalue weighted by Crippen LogP contribution is -2.35. The SMILES string of the molecule is COc1ccc2c(c1)CCN(C=O)C2Cc1cc(OC)c(OC)cc1Br. The molecule has 6 heteroatoms. The second kappa shape index (κ2) is 7.99. The summed E-state index contributed by atoms with van der Waals surface area (Å²) < 4.78 is 17.1. The number of nitrogens with zero attached hydrogens (tertiary/aromatic N) is 1. The maximum atomic E-state index is 11.6. The van der Waals surface area contributed by atoms with Crippen molar-refractivity contribution in [2.45, 2.75) is 18.9 Å². The van der Waals surface area contributed by atoms with Crippen LogP contribution in [0.15, 0.2) is 34.8 Å². The van der Waals surface area contributed by atoms with Crippen molar-refractivity contribution >= 4 is 22.3 Å². The third kappa shape index (κ3) is 3.51. The predicted octanol–water partition coefficient (Wildman–Crippen LogP) is 3.77. The van der Waals surface area contributed by atoms with E-state index in [0.29, 0.717) is 24.5 Å². The molecule has 1 heterocycles. The Hall–Kier alpha value is -2.21. The predicted molar refractivity (Wildman–Crippen MR) is 103 cm³/mol. The number of ether oxygens (including phenoxy) is 3. The summed E-state index contributed by atoms with van der Waals surface area (Å²) in [6, 6.07) is 9.90. The lowest BCUT2D eigenvalue weighted by molar-refractivity contribution is -0.120. The number of benzene rings is 2. The number of hydrogen-bond donors (Lipinski definition) is 0. The topological polar surface area (TPSA) is 48.0 Å². The lowest BCUT2D eigenvalue weighted by atomic mass is 9.89. The number of methoxy groups -OCH3 is 3. The van der Waals surface area contributed by atoms with E-state index >= 15 is 0 Å². The van der Waals surface area contributed by atoms with Crippen LogP contribution in [0.2, 0.25) is 0 Å². The third-order valence-corrected chi connectivity index (χ3v) is 5.59. The van der Waals surface area contributed by atoms with E-state index in [0.717, 1.165) is 34.2 Å². The Morgan fingerprint density at radius 3 is 2.50 bits per heavy atom. The quantitative estimate of drug-likeness (QED) is 0.668. The second-order valence-corrected chi connectivity index (χ2v) is 7.03. The van der Waals surface area contributed by atoms with Crippen LogP contribution in [0.4, 0.5) is 0 Å². The van der Waals surface area contributed by atoms with Gasteiger partial charge in [-0.25, -0.2) is 0 Å². The zero-order chi connectivity index (χ0) is 18.7. The number of carbonyl (C=O) groups is 1. The van der Waals surface area contributed by atoms with Gasteiger partial charge in [0.15, 0.2) is 11.5 Å². The Morgan fingerprint density at radius 1 is 1.12 bits per heavy atom. The fourth-order valence-electron chi connectivity index (χ4n) is 3.45. The second-order valence-electron chi connectivity index (χ2n) is 6.18. The molecular formula is C20H22BrNO4. The summed E-state index contributed by atoms with van der Waals surface area (Å²) in [5, 5.41) is 0. The van der Waals surface area contributed by atoms with Gasteiger partial charge in [-0.3, -0.25) is 4.79 Å². The zero-order valence-electron chi connectivity index (χ0n) is 15.1. The highest BCUT2D eigenvalue weighted by Crippen LogP contribution is 2.38. The summed E-state index contributed by atoms with van der Waals surface area (Å²) in [5.41, 5.74) is 3.44. The average molecular weight is 420 g/mol. The van der Waals surface area contributed by atoms with Crippen LogP contribution in [-0.2, 0) is 17.6 Å². The Bertz CT molecular complexity index is 809. The summed E-state index contributed by atoms with van der Waals surface area (Å²) in [6.07, 6.45) is 2.44. The smallest absolute Gasteiger partial charge is 0.210 e. The summed E-state index contributed by atoms with van der Waals surface area (Å²) in [4.78, 5) is 13.5. The van der Waals surface area contributed by atoms with E-state index in [4.69, 9.17) is 14.2 Å². The van der Waals surface area contributed by atoms with Crippen molar-refractivity contribution in [2.75, 3.05) is 27.9 Å². The zero-order valence-corrected chi connectivity index (χ0v) is 16.7. The first-order valence-electron chi connectivity index (χ1n) is 8.39. The molecule has 1 aliphatic heterocycles. The summed E-state index contributed by atoms with van der Waals surface area (Å²) in [6.45, 7) is 0.694. The van der Waals surface area contributed by atoms with Gasteiger partial charge >= 0.3 is 0 Å². The van der Waals surface area contributed by atoms with Gasteiger partial charge < -0.3 is 19.1 Å². The maximum absolute atomic E-state index is 11.6. The molecule has 3 rings (SSSR count). The average Bonchev–Trinajstić information content (AvgIpc) is 2.68. The van der Waals surface area contributed by atoms with E-state index in [1.165, 1.54) is 5.56 Å². The highest BCUT2D eigenvalue weighted by molar-refractivity contribution is 9.10. The van der Waals surface area contributed by atoms with E-state index in [1.807, 2.05) is 23.1 Å². The van der Waals surface area contributed by atoms with Gasteiger partial charge in [-0.1, -0.05) is 22.0 Å². The van der Waals surface area contributed by atoms with Gasteiger partial charge in [-0.15, -0.1) is 0 Å². The summed E-state index contributed by atoms with van der Waals surface area (Å²) in [5.74, 6) is 2.19. The Balaban J connectivity index is 1.99. The van der Waals surface area contributed by atoms with Gasteiger partial charge in [0.1, 0.15) is 5.75 Å². The molecule has 1 unspecified atom stereocenters. The summed E-state index contributed by atoms with van der Waals surface area (Å²) >= 11 is 3.62. The first kappa shape index (κ1) is 18.6. The Morgan fingerprint density at radius 2 is 1.85 bits per heavy atom.